The standard InChI is InChI=1S/C12H13BrClN3O/c1-18-10-3-2-7(14)4-8(10)9(5-15)12-16-6-11(13)17-12/h2-4,6,9H,5,15H2,1H3,(H,16,17). The van der Waals surface area contributed by atoms with E-state index in [1.807, 2.05) is 12.1 Å². The van der Waals surface area contributed by atoms with Crippen LogP contribution in [0, 0.1) is 0 Å². The zero-order valence-electron chi connectivity index (χ0n) is 9.78. The van der Waals surface area contributed by atoms with Gasteiger partial charge in [0.25, 0.3) is 0 Å². The molecule has 0 aliphatic carbocycles. The number of H-pyrrole nitrogens is 1. The van der Waals surface area contributed by atoms with E-state index in [2.05, 4.69) is 25.9 Å². The molecule has 0 radical (unpaired) electrons. The summed E-state index contributed by atoms with van der Waals surface area (Å²) >= 11 is 9.37. The van der Waals surface area contributed by atoms with Gasteiger partial charge in [-0.05, 0) is 34.1 Å². The van der Waals surface area contributed by atoms with Gasteiger partial charge in [-0.2, -0.15) is 0 Å². The van der Waals surface area contributed by atoms with Gasteiger partial charge in [0.15, 0.2) is 0 Å². The van der Waals surface area contributed by atoms with Crippen LogP contribution in [0.15, 0.2) is 29.0 Å². The van der Waals surface area contributed by atoms with E-state index >= 15 is 0 Å². The molecule has 1 unspecified atom stereocenters. The van der Waals surface area contributed by atoms with Crippen LogP contribution in [0.25, 0.3) is 0 Å². The summed E-state index contributed by atoms with van der Waals surface area (Å²) in [4.78, 5) is 7.41. The number of nitrogens with two attached hydrogens (primary N) is 1. The number of hydrogen-bond donors (Lipinski definition) is 2. The number of halogens is 2. The van der Waals surface area contributed by atoms with Gasteiger partial charge in [0.05, 0.1) is 19.2 Å². The van der Waals surface area contributed by atoms with Crippen LogP contribution in [0.3, 0.4) is 0 Å². The molecule has 1 atom stereocenters. The van der Waals surface area contributed by atoms with E-state index < -0.39 is 0 Å². The minimum Gasteiger partial charge on any atom is -0.496 e. The number of nitrogens with zero attached hydrogens (tertiary/aromatic N) is 1. The largest absolute Gasteiger partial charge is 0.496 e. The second-order valence-electron chi connectivity index (χ2n) is 3.79. The smallest absolute Gasteiger partial charge is 0.122 e. The van der Waals surface area contributed by atoms with Gasteiger partial charge >= 0.3 is 0 Å². The Morgan fingerprint density at radius 2 is 2.33 bits per heavy atom. The third kappa shape index (κ3) is 2.68. The Balaban J connectivity index is 2.47. The summed E-state index contributed by atoms with van der Waals surface area (Å²) in [6, 6.07) is 5.47. The number of methoxy groups -OCH3 is 1. The third-order valence-corrected chi connectivity index (χ3v) is 3.34. The van der Waals surface area contributed by atoms with Gasteiger partial charge in [-0.1, -0.05) is 11.6 Å². The summed E-state index contributed by atoms with van der Waals surface area (Å²) in [5.74, 6) is 1.46. The third-order valence-electron chi connectivity index (χ3n) is 2.70. The molecule has 0 saturated heterocycles. The highest BCUT2D eigenvalue weighted by atomic mass is 79.9. The number of benzene rings is 1. The molecule has 0 amide bonds. The lowest BCUT2D eigenvalue weighted by molar-refractivity contribution is 0.407. The van der Waals surface area contributed by atoms with E-state index in [1.165, 1.54) is 0 Å². The van der Waals surface area contributed by atoms with E-state index in [9.17, 15) is 0 Å². The van der Waals surface area contributed by atoms with Gasteiger partial charge in [-0.3, -0.25) is 0 Å². The van der Waals surface area contributed by atoms with E-state index in [0.29, 0.717) is 11.6 Å². The SMILES string of the molecule is COc1ccc(Cl)cc1C(CN)c1ncc(Br)[nH]1. The molecule has 1 heterocycles. The summed E-state index contributed by atoms with van der Waals surface area (Å²) in [6.45, 7) is 0.413. The van der Waals surface area contributed by atoms with Gasteiger partial charge in [-0.25, -0.2) is 4.98 Å². The molecule has 1 aromatic heterocycles. The van der Waals surface area contributed by atoms with Crippen molar-refractivity contribution in [3.8, 4) is 5.75 Å². The first-order valence-corrected chi connectivity index (χ1v) is 6.56. The average molecular weight is 331 g/mol. The molecule has 4 nitrogen and oxygen atoms in total. The molecule has 0 saturated carbocycles. The maximum absolute atomic E-state index is 6.03. The number of hydrogen-bond acceptors (Lipinski definition) is 3. The quantitative estimate of drug-likeness (QED) is 0.906. The molecule has 1 aromatic carbocycles. The average Bonchev–Trinajstić information content (AvgIpc) is 2.77. The van der Waals surface area contributed by atoms with Crippen LogP contribution in [-0.4, -0.2) is 23.6 Å². The van der Waals surface area contributed by atoms with Crippen molar-refractivity contribution in [2.24, 2.45) is 5.73 Å². The molecule has 3 N–H and O–H groups in total. The molecular formula is C12H13BrClN3O. The van der Waals surface area contributed by atoms with Crippen molar-refractivity contribution in [1.29, 1.82) is 0 Å². The fraction of sp³-hybridized carbons (Fsp3) is 0.250. The number of nitrogens with one attached hydrogen (secondary N) is 1. The highest BCUT2D eigenvalue weighted by molar-refractivity contribution is 9.10. The van der Waals surface area contributed by atoms with Gasteiger partial charge in [0, 0.05) is 17.1 Å². The summed E-state index contributed by atoms with van der Waals surface area (Å²) in [6.07, 6.45) is 1.70. The van der Waals surface area contributed by atoms with Crippen LogP contribution in [-0.2, 0) is 0 Å². The van der Waals surface area contributed by atoms with Crippen LogP contribution in [0.5, 0.6) is 5.75 Å². The highest BCUT2D eigenvalue weighted by Gasteiger charge is 2.20. The summed E-state index contributed by atoms with van der Waals surface area (Å²) < 4.78 is 6.16. The fourth-order valence-electron chi connectivity index (χ4n) is 1.85. The van der Waals surface area contributed by atoms with Crippen molar-refractivity contribution < 1.29 is 4.74 Å². The minimum absolute atomic E-state index is 0.0788. The molecular weight excluding hydrogens is 318 g/mol. The molecule has 18 heavy (non-hydrogen) atoms. The van der Waals surface area contributed by atoms with Crippen LogP contribution in [0.4, 0.5) is 0 Å². The van der Waals surface area contributed by atoms with Crippen molar-refractivity contribution in [2.45, 2.75) is 5.92 Å². The zero-order chi connectivity index (χ0) is 13.1. The van der Waals surface area contributed by atoms with Crippen molar-refractivity contribution in [1.82, 2.24) is 9.97 Å². The number of ether oxygens (including phenoxy) is 1. The number of imidazole rings is 1. The Labute approximate surface area is 119 Å². The Bertz CT molecular complexity index is 544. The van der Waals surface area contributed by atoms with E-state index in [0.717, 1.165) is 21.7 Å². The predicted octanol–water partition coefficient (Wildman–Crippen LogP) is 2.92. The Morgan fingerprint density at radius 1 is 1.56 bits per heavy atom. The van der Waals surface area contributed by atoms with Crippen molar-refractivity contribution in [3.63, 3.8) is 0 Å². The van der Waals surface area contributed by atoms with Crippen molar-refractivity contribution >= 4 is 27.5 Å². The van der Waals surface area contributed by atoms with E-state index in [-0.39, 0.29) is 5.92 Å². The first-order valence-electron chi connectivity index (χ1n) is 5.39. The van der Waals surface area contributed by atoms with Gasteiger partial charge < -0.3 is 15.5 Å². The summed E-state index contributed by atoms with van der Waals surface area (Å²) in [7, 11) is 1.62. The predicted molar refractivity (Wildman–Crippen MR) is 75.2 cm³/mol. The van der Waals surface area contributed by atoms with Crippen LogP contribution >= 0.6 is 27.5 Å². The lowest BCUT2D eigenvalue weighted by Gasteiger charge is -2.16. The zero-order valence-corrected chi connectivity index (χ0v) is 12.1. The number of aromatic amines is 1. The van der Waals surface area contributed by atoms with Crippen LogP contribution in [0.2, 0.25) is 5.02 Å². The molecule has 0 aliphatic rings. The van der Waals surface area contributed by atoms with E-state index in [1.54, 1.807) is 19.4 Å². The molecule has 96 valence electrons. The maximum atomic E-state index is 6.03. The molecule has 2 aromatic rings. The lowest BCUT2D eigenvalue weighted by Crippen LogP contribution is -2.16. The van der Waals surface area contributed by atoms with E-state index in [4.69, 9.17) is 22.1 Å². The Kier molecular flexibility index (Phi) is 4.27. The molecule has 0 aliphatic heterocycles. The number of aromatic nitrogens is 2. The second-order valence-corrected chi connectivity index (χ2v) is 5.08. The molecule has 2 rings (SSSR count). The Hall–Kier alpha value is -1.04. The fourth-order valence-corrected chi connectivity index (χ4v) is 2.34. The Morgan fingerprint density at radius 3 is 2.89 bits per heavy atom. The topological polar surface area (TPSA) is 63.9 Å². The maximum Gasteiger partial charge on any atom is 0.122 e. The minimum atomic E-state index is -0.0788. The molecule has 0 bridgehead atoms. The molecule has 0 fully saturated rings. The van der Waals surface area contributed by atoms with Gasteiger partial charge in [-0.15, -0.1) is 0 Å². The normalized spacial score (nSPS) is 12.4. The highest BCUT2D eigenvalue weighted by Crippen LogP contribution is 2.32. The van der Waals surface area contributed by atoms with Crippen LogP contribution < -0.4 is 10.5 Å². The van der Waals surface area contributed by atoms with Crippen molar-refractivity contribution in [3.05, 3.63) is 45.4 Å². The second kappa shape index (κ2) is 5.73. The van der Waals surface area contributed by atoms with Gasteiger partial charge in [0.1, 0.15) is 16.2 Å². The van der Waals surface area contributed by atoms with Gasteiger partial charge in [0.2, 0.25) is 0 Å². The van der Waals surface area contributed by atoms with Crippen LogP contribution in [0.1, 0.15) is 17.3 Å². The number of rotatable bonds is 4. The lowest BCUT2D eigenvalue weighted by atomic mass is 9.97. The monoisotopic (exact) mass is 329 g/mol. The molecule has 0 spiro atoms. The summed E-state index contributed by atoms with van der Waals surface area (Å²) in [5.41, 5.74) is 6.77. The first-order chi connectivity index (χ1) is 8.65. The summed E-state index contributed by atoms with van der Waals surface area (Å²) in [5, 5.41) is 0.648. The first kappa shape index (κ1) is 13.4. The van der Waals surface area contributed by atoms with Crippen molar-refractivity contribution in [2.75, 3.05) is 13.7 Å². The molecule has 6 heteroatoms.